The molecule has 0 atom stereocenters. The van der Waals surface area contributed by atoms with Crippen molar-refractivity contribution in [3.63, 3.8) is 0 Å². The average molecular weight is 781 g/mol. The number of carbonyl (C=O) groups excluding carboxylic acids is 1. The maximum Gasteiger partial charge on any atom is 0.162 e. The van der Waals surface area contributed by atoms with E-state index in [9.17, 15) is 9.90 Å². The summed E-state index contributed by atoms with van der Waals surface area (Å²) in [5.41, 5.74) is 6.20. The number of aliphatic hydroxyl groups is 1. The molecule has 0 saturated heterocycles. The van der Waals surface area contributed by atoms with E-state index in [0.717, 1.165) is 73.6 Å². The molecule has 0 spiro atoms. The van der Waals surface area contributed by atoms with Gasteiger partial charge in [-0.15, -0.1) is 29.1 Å². The molecule has 3 aliphatic rings. The molecule has 1 heterocycles. The van der Waals surface area contributed by atoms with Gasteiger partial charge in [0.25, 0.3) is 0 Å². The van der Waals surface area contributed by atoms with Gasteiger partial charge in [-0.3, -0.25) is 9.78 Å². The molecule has 2 fully saturated rings. The van der Waals surface area contributed by atoms with E-state index in [1.54, 1.807) is 6.08 Å². The second-order valence-corrected chi connectivity index (χ2v) is 13.5. The van der Waals surface area contributed by atoms with Crippen molar-refractivity contribution in [1.82, 2.24) is 4.98 Å². The summed E-state index contributed by atoms with van der Waals surface area (Å²) >= 11 is 0. The second-order valence-electron chi connectivity index (χ2n) is 13.5. The maximum atomic E-state index is 12.2. The van der Waals surface area contributed by atoms with E-state index >= 15 is 0 Å². The second kappa shape index (κ2) is 16.1. The standard InChI is InChI=1S/C23H18N.C17H28O2.CH4.Ir/c1-2-9-18-15-22(24-21-14-6-11-17(8-1)23(18)21)20-13-5-10-16-7-3-4-12-19(16)20;1-12-3-7-14(8-4-12)16(18)11-17(19)15-9-5-13(2)6-10-15;;/h3-7,10-12,14-15H,1-2,8-9H2;11-15,18H,3-10H2,1-2H3;1H4;/q-1;;;. The summed E-state index contributed by atoms with van der Waals surface area (Å²) in [6, 6.07) is 24.9. The number of carbonyl (C=O) groups is 1. The SMILES string of the molecule is C.CC1CCC(C(=O)C=C(O)C2CCC(C)CC2)CC1.[Ir].[c-]1ccc2ccccc2c1-c1cc2c3c(cccc3n1)CCCC2. The van der Waals surface area contributed by atoms with Gasteiger partial charge in [-0.25, -0.2) is 0 Å². The number of fused-ring (bicyclic) bond motifs is 1. The van der Waals surface area contributed by atoms with Gasteiger partial charge in [0.1, 0.15) is 0 Å². The molecule has 1 radical (unpaired) electrons. The fourth-order valence-electron chi connectivity index (χ4n) is 7.47. The molecule has 3 aromatic carbocycles. The summed E-state index contributed by atoms with van der Waals surface area (Å²) in [4.78, 5) is 17.2. The molecule has 0 aliphatic heterocycles. The molecule has 7 rings (SSSR count). The summed E-state index contributed by atoms with van der Waals surface area (Å²) in [5.74, 6) is 2.48. The zero-order valence-corrected chi connectivity index (χ0v) is 28.7. The minimum absolute atomic E-state index is 0. The van der Waals surface area contributed by atoms with Crippen molar-refractivity contribution in [2.75, 3.05) is 0 Å². The van der Waals surface area contributed by atoms with E-state index in [0.29, 0.717) is 5.76 Å². The van der Waals surface area contributed by atoms with Crippen LogP contribution in [0.25, 0.3) is 32.9 Å². The molecule has 45 heavy (non-hydrogen) atoms. The Morgan fingerprint density at radius 2 is 1.47 bits per heavy atom. The largest absolute Gasteiger partial charge is 0.512 e. The fraction of sp³-hybridized carbons (Fsp3) is 0.463. The topological polar surface area (TPSA) is 50.2 Å². The third-order valence-electron chi connectivity index (χ3n) is 10.3. The van der Waals surface area contributed by atoms with Crippen molar-refractivity contribution in [2.45, 2.75) is 98.3 Å². The van der Waals surface area contributed by atoms with E-state index < -0.39 is 0 Å². The first-order valence-corrected chi connectivity index (χ1v) is 16.7. The van der Waals surface area contributed by atoms with Crippen LogP contribution in [0.4, 0.5) is 0 Å². The summed E-state index contributed by atoms with van der Waals surface area (Å²) in [6.07, 6.45) is 15.2. The average Bonchev–Trinajstić information content (AvgIpc) is 3.25. The Kier molecular flexibility index (Phi) is 12.6. The van der Waals surface area contributed by atoms with Crippen LogP contribution >= 0.6 is 0 Å². The van der Waals surface area contributed by atoms with Crippen LogP contribution < -0.4 is 0 Å². The van der Waals surface area contributed by atoms with Crippen LogP contribution in [-0.2, 0) is 37.7 Å². The van der Waals surface area contributed by atoms with Crippen molar-refractivity contribution >= 4 is 27.5 Å². The molecule has 4 heteroatoms. The van der Waals surface area contributed by atoms with Gasteiger partial charge < -0.3 is 5.11 Å². The van der Waals surface area contributed by atoms with E-state index in [-0.39, 0.29) is 45.2 Å². The first-order valence-electron chi connectivity index (χ1n) is 16.7. The summed E-state index contributed by atoms with van der Waals surface area (Å²) in [5, 5.41) is 14.0. The van der Waals surface area contributed by atoms with Crippen molar-refractivity contribution in [1.29, 1.82) is 0 Å². The molecule has 0 bridgehead atoms. The number of hydrogen-bond acceptors (Lipinski definition) is 3. The van der Waals surface area contributed by atoms with Gasteiger partial charge in [-0.1, -0.05) is 94.8 Å². The van der Waals surface area contributed by atoms with Crippen LogP contribution in [0.15, 0.2) is 72.5 Å². The van der Waals surface area contributed by atoms with Gasteiger partial charge >= 0.3 is 0 Å². The first kappa shape index (κ1) is 35.1. The Hall–Kier alpha value is -2.81. The Balaban J connectivity index is 0.000000202. The number of nitrogens with zero attached hydrogens (tertiary/aromatic N) is 1. The molecular weight excluding hydrogens is 731 g/mol. The van der Waals surface area contributed by atoms with E-state index in [4.69, 9.17) is 4.98 Å². The van der Waals surface area contributed by atoms with Crippen molar-refractivity contribution in [3.05, 3.63) is 89.7 Å². The molecule has 0 unspecified atom stereocenters. The molecule has 1 aromatic heterocycles. The first-order chi connectivity index (χ1) is 21.0. The molecule has 241 valence electrons. The zero-order valence-electron chi connectivity index (χ0n) is 26.3. The molecule has 2 saturated carbocycles. The van der Waals surface area contributed by atoms with Crippen LogP contribution in [0.3, 0.4) is 0 Å². The predicted octanol–water partition coefficient (Wildman–Crippen LogP) is 11.0. The normalized spacial score (nSPS) is 23.1. The Bertz CT molecular complexity index is 1600. The van der Waals surface area contributed by atoms with Crippen LogP contribution in [-0.4, -0.2) is 15.9 Å². The van der Waals surface area contributed by atoms with Gasteiger partial charge in [0.2, 0.25) is 0 Å². The van der Waals surface area contributed by atoms with Gasteiger partial charge in [-0.2, -0.15) is 0 Å². The van der Waals surface area contributed by atoms with Gasteiger partial charge in [0, 0.05) is 43.4 Å². The predicted molar refractivity (Wildman–Crippen MR) is 185 cm³/mol. The number of allylic oxidation sites excluding steroid dienone is 2. The Morgan fingerprint density at radius 3 is 2.18 bits per heavy atom. The number of benzene rings is 3. The van der Waals surface area contributed by atoms with Crippen LogP contribution in [0, 0.1) is 29.7 Å². The molecule has 1 N–H and O–H groups in total. The number of aliphatic hydroxyl groups excluding tert-OH is 1. The molecule has 3 nitrogen and oxygen atoms in total. The monoisotopic (exact) mass is 781 g/mol. The van der Waals surface area contributed by atoms with E-state index in [1.165, 1.54) is 59.4 Å². The number of ketones is 1. The quantitative estimate of drug-likeness (QED) is 0.127. The van der Waals surface area contributed by atoms with E-state index in [2.05, 4.69) is 74.5 Å². The summed E-state index contributed by atoms with van der Waals surface area (Å²) in [6.45, 7) is 4.53. The smallest absolute Gasteiger partial charge is 0.162 e. The Labute approximate surface area is 284 Å². The van der Waals surface area contributed by atoms with Gasteiger partial charge in [-0.05, 0) is 86.1 Å². The minimum Gasteiger partial charge on any atom is -0.512 e. The third-order valence-corrected chi connectivity index (χ3v) is 10.3. The number of hydrogen-bond donors (Lipinski definition) is 1. The summed E-state index contributed by atoms with van der Waals surface area (Å²) < 4.78 is 0. The summed E-state index contributed by atoms with van der Waals surface area (Å²) in [7, 11) is 0. The fourth-order valence-corrected chi connectivity index (χ4v) is 7.47. The Morgan fingerprint density at radius 1 is 0.822 bits per heavy atom. The van der Waals surface area contributed by atoms with Crippen LogP contribution in [0.1, 0.15) is 96.6 Å². The van der Waals surface area contributed by atoms with Crippen LogP contribution in [0.5, 0.6) is 0 Å². The third kappa shape index (κ3) is 8.32. The maximum absolute atomic E-state index is 12.2. The van der Waals surface area contributed by atoms with Crippen molar-refractivity contribution in [2.24, 2.45) is 23.7 Å². The minimum atomic E-state index is 0. The van der Waals surface area contributed by atoms with Gasteiger partial charge in [0.15, 0.2) is 5.78 Å². The number of pyridine rings is 1. The van der Waals surface area contributed by atoms with Crippen molar-refractivity contribution < 1.29 is 30.0 Å². The molecule has 3 aliphatic carbocycles. The van der Waals surface area contributed by atoms with Crippen LogP contribution in [0.2, 0.25) is 0 Å². The molecule has 0 amide bonds. The molecule has 4 aromatic rings. The van der Waals surface area contributed by atoms with Crippen molar-refractivity contribution in [3.8, 4) is 11.3 Å². The van der Waals surface area contributed by atoms with Gasteiger partial charge in [0.05, 0.1) is 11.3 Å². The van der Waals surface area contributed by atoms with E-state index in [1.807, 2.05) is 6.07 Å². The number of aryl methyl sites for hydroxylation is 2. The molecular formula is C41H50IrNO2-. The zero-order chi connectivity index (χ0) is 29.8. The number of aromatic nitrogens is 1. The number of rotatable bonds is 4.